The van der Waals surface area contributed by atoms with Crippen molar-refractivity contribution in [2.24, 2.45) is 0 Å². The molecule has 0 spiro atoms. The van der Waals surface area contributed by atoms with E-state index in [9.17, 15) is 10.1 Å². The first kappa shape index (κ1) is 9.06. The van der Waals surface area contributed by atoms with Crippen molar-refractivity contribution in [2.45, 2.75) is 12.2 Å². The molecule has 1 rings (SSSR count). The Labute approximate surface area is 76.0 Å². The largest absolute Gasteiger partial charge is 0.269 e. The molecule has 0 bridgehead atoms. The number of nitro groups is 1. The molecule has 0 aliphatic rings. The van der Waals surface area contributed by atoms with Crippen LogP contribution in [0.1, 0.15) is 17.7 Å². The molecule has 0 saturated carbocycles. The SMILES string of the molecule is CC(S)c1ccc([N+](=O)[O-])cc1. The van der Waals surface area contributed by atoms with Crippen LogP contribution in [0.15, 0.2) is 24.3 Å². The minimum atomic E-state index is -0.410. The number of non-ortho nitro benzene ring substituents is 1. The maximum Gasteiger partial charge on any atom is 0.269 e. The highest BCUT2D eigenvalue weighted by Crippen LogP contribution is 2.21. The average molecular weight is 183 g/mol. The second-order valence-electron chi connectivity index (χ2n) is 2.52. The van der Waals surface area contributed by atoms with E-state index in [2.05, 4.69) is 12.6 Å². The topological polar surface area (TPSA) is 43.1 Å². The van der Waals surface area contributed by atoms with Gasteiger partial charge < -0.3 is 0 Å². The minimum absolute atomic E-state index is 0.116. The van der Waals surface area contributed by atoms with Crippen molar-refractivity contribution in [1.82, 2.24) is 0 Å². The van der Waals surface area contributed by atoms with E-state index in [0.29, 0.717) is 0 Å². The van der Waals surface area contributed by atoms with Gasteiger partial charge >= 0.3 is 0 Å². The molecule has 1 unspecified atom stereocenters. The monoisotopic (exact) mass is 183 g/mol. The van der Waals surface area contributed by atoms with E-state index >= 15 is 0 Å². The summed E-state index contributed by atoms with van der Waals surface area (Å²) < 4.78 is 0. The molecule has 64 valence electrons. The summed E-state index contributed by atoms with van der Waals surface area (Å²) in [5, 5.41) is 10.4. The summed E-state index contributed by atoms with van der Waals surface area (Å²) in [6.45, 7) is 1.92. The van der Waals surface area contributed by atoms with Crippen molar-refractivity contribution < 1.29 is 4.92 Å². The molecular weight excluding hydrogens is 174 g/mol. The van der Waals surface area contributed by atoms with E-state index in [1.165, 1.54) is 12.1 Å². The molecule has 0 radical (unpaired) electrons. The van der Waals surface area contributed by atoms with Crippen LogP contribution in [0.2, 0.25) is 0 Å². The van der Waals surface area contributed by atoms with E-state index < -0.39 is 4.92 Å². The Balaban J connectivity index is 2.93. The van der Waals surface area contributed by atoms with E-state index in [1.54, 1.807) is 12.1 Å². The predicted octanol–water partition coefficient (Wildman–Crippen LogP) is 2.59. The second-order valence-corrected chi connectivity index (χ2v) is 3.30. The number of benzene rings is 1. The number of nitro benzene ring substituents is 1. The molecular formula is C8H9NO2S. The fraction of sp³-hybridized carbons (Fsp3) is 0.250. The number of rotatable bonds is 2. The fourth-order valence-corrected chi connectivity index (χ4v) is 1.05. The van der Waals surface area contributed by atoms with Crippen LogP contribution in [0.4, 0.5) is 5.69 Å². The van der Waals surface area contributed by atoms with Crippen LogP contribution in [0, 0.1) is 10.1 Å². The van der Waals surface area contributed by atoms with Crippen molar-refractivity contribution in [3.8, 4) is 0 Å². The zero-order chi connectivity index (χ0) is 9.14. The molecule has 0 fully saturated rings. The molecule has 3 nitrogen and oxygen atoms in total. The van der Waals surface area contributed by atoms with Gasteiger partial charge in [-0.2, -0.15) is 12.6 Å². The number of hydrogen-bond donors (Lipinski definition) is 1. The Bertz CT molecular complexity index is 282. The molecule has 0 N–H and O–H groups in total. The standard InChI is InChI=1S/C8H9NO2S/c1-6(12)7-2-4-8(5-3-7)9(10)11/h2-6,12H,1H3. The van der Waals surface area contributed by atoms with Crippen molar-refractivity contribution in [2.75, 3.05) is 0 Å². The van der Waals surface area contributed by atoms with Gasteiger partial charge in [-0.25, -0.2) is 0 Å². The van der Waals surface area contributed by atoms with Gasteiger partial charge in [0.2, 0.25) is 0 Å². The second kappa shape index (κ2) is 3.58. The van der Waals surface area contributed by atoms with E-state index in [1.807, 2.05) is 6.92 Å². The Morgan fingerprint density at radius 2 is 1.92 bits per heavy atom. The van der Waals surface area contributed by atoms with Crippen LogP contribution in [-0.4, -0.2) is 4.92 Å². The average Bonchev–Trinajstić information content (AvgIpc) is 2.04. The molecule has 1 atom stereocenters. The summed E-state index contributed by atoms with van der Waals surface area (Å²) in [5.41, 5.74) is 1.11. The van der Waals surface area contributed by atoms with Gasteiger partial charge in [-0.3, -0.25) is 10.1 Å². The van der Waals surface area contributed by atoms with Crippen LogP contribution in [0.3, 0.4) is 0 Å². The molecule has 0 heterocycles. The van der Waals surface area contributed by atoms with Gasteiger partial charge in [0.15, 0.2) is 0 Å². The minimum Gasteiger partial charge on any atom is -0.258 e. The van der Waals surface area contributed by atoms with E-state index in [-0.39, 0.29) is 10.9 Å². The van der Waals surface area contributed by atoms with Crippen molar-refractivity contribution in [3.05, 3.63) is 39.9 Å². The van der Waals surface area contributed by atoms with Crippen molar-refractivity contribution >= 4 is 18.3 Å². The maximum absolute atomic E-state index is 10.3. The first-order chi connectivity index (χ1) is 5.61. The lowest BCUT2D eigenvalue weighted by Crippen LogP contribution is -1.89. The lowest BCUT2D eigenvalue weighted by atomic mass is 10.1. The zero-order valence-corrected chi connectivity index (χ0v) is 7.49. The molecule has 0 aliphatic carbocycles. The number of thiol groups is 1. The highest BCUT2D eigenvalue weighted by atomic mass is 32.1. The lowest BCUT2D eigenvalue weighted by Gasteiger charge is -2.02. The summed E-state index contributed by atoms with van der Waals surface area (Å²) in [4.78, 5) is 9.86. The van der Waals surface area contributed by atoms with Crippen LogP contribution < -0.4 is 0 Å². The summed E-state index contributed by atoms with van der Waals surface area (Å²) >= 11 is 4.20. The highest BCUT2D eigenvalue weighted by molar-refractivity contribution is 7.80. The summed E-state index contributed by atoms with van der Waals surface area (Å²) in [6, 6.07) is 6.41. The highest BCUT2D eigenvalue weighted by Gasteiger charge is 2.05. The van der Waals surface area contributed by atoms with Crippen LogP contribution >= 0.6 is 12.6 Å². The van der Waals surface area contributed by atoms with Gasteiger partial charge in [-0.1, -0.05) is 12.1 Å². The van der Waals surface area contributed by atoms with Gasteiger partial charge in [0.25, 0.3) is 5.69 Å². The van der Waals surface area contributed by atoms with Crippen LogP contribution in [0.5, 0.6) is 0 Å². The van der Waals surface area contributed by atoms with Gasteiger partial charge in [-0.15, -0.1) is 0 Å². The van der Waals surface area contributed by atoms with Crippen molar-refractivity contribution in [3.63, 3.8) is 0 Å². The third-order valence-electron chi connectivity index (χ3n) is 1.59. The third-order valence-corrected chi connectivity index (χ3v) is 1.88. The van der Waals surface area contributed by atoms with Crippen LogP contribution in [-0.2, 0) is 0 Å². The van der Waals surface area contributed by atoms with E-state index in [0.717, 1.165) is 5.56 Å². The van der Waals surface area contributed by atoms with Gasteiger partial charge in [0.1, 0.15) is 0 Å². The predicted molar refractivity (Wildman–Crippen MR) is 50.5 cm³/mol. The van der Waals surface area contributed by atoms with Gasteiger partial charge in [-0.05, 0) is 12.5 Å². The van der Waals surface area contributed by atoms with Gasteiger partial charge in [0.05, 0.1) is 4.92 Å². The molecule has 1 aromatic carbocycles. The Hall–Kier alpha value is -1.03. The molecule has 4 heteroatoms. The first-order valence-corrected chi connectivity index (χ1v) is 4.05. The first-order valence-electron chi connectivity index (χ1n) is 3.53. The Morgan fingerprint density at radius 3 is 2.25 bits per heavy atom. The Kier molecular flexibility index (Phi) is 2.70. The number of nitrogens with zero attached hydrogens (tertiary/aromatic N) is 1. The zero-order valence-electron chi connectivity index (χ0n) is 6.60. The van der Waals surface area contributed by atoms with E-state index in [4.69, 9.17) is 0 Å². The summed E-state index contributed by atoms with van der Waals surface area (Å²) in [7, 11) is 0. The molecule has 0 aliphatic heterocycles. The number of hydrogen-bond acceptors (Lipinski definition) is 3. The lowest BCUT2D eigenvalue weighted by molar-refractivity contribution is -0.384. The molecule has 12 heavy (non-hydrogen) atoms. The van der Waals surface area contributed by atoms with Gasteiger partial charge in [0, 0.05) is 17.4 Å². The molecule has 0 saturated heterocycles. The summed E-state index contributed by atoms with van der Waals surface area (Å²) in [5.74, 6) is 0. The normalized spacial score (nSPS) is 12.5. The van der Waals surface area contributed by atoms with Crippen LogP contribution in [0.25, 0.3) is 0 Å². The smallest absolute Gasteiger partial charge is 0.258 e. The van der Waals surface area contributed by atoms with Crippen molar-refractivity contribution in [1.29, 1.82) is 0 Å². The third kappa shape index (κ3) is 1.98. The maximum atomic E-state index is 10.3. The molecule has 0 amide bonds. The quantitative estimate of drug-likeness (QED) is 0.435. The molecule has 1 aromatic rings. The Morgan fingerprint density at radius 1 is 1.42 bits per heavy atom. The summed E-state index contributed by atoms with van der Waals surface area (Å²) in [6.07, 6.45) is 0. The molecule has 0 aromatic heterocycles. The fourth-order valence-electron chi connectivity index (χ4n) is 0.875.